The minimum atomic E-state index is -1.22. The van der Waals surface area contributed by atoms with Crippen LogP contribution >= 0.6 is 11.6 Å². The number of rotatable bonds is 9. The molecule has 2 unspecified atom stereocenters. The van der Waals surface area contributed by atoms with E-state index in [0.29, 0.717) is 46.7 Å². The lowest BCUT2D eigenvalue weighted by atomic mass is 9.69. The topological polar surface area (TPSA) is 82.9 Å². The Kier molecular flexibility index (Phi) is 7.88. The molecule has 0 spiro atoms. The SMILES string of the molecule is COc1ccc2ncc(Cl)c(C(CCO)C3(C(=O)O)CCN(C/C=C/c4cc(F)ccc4F)C3)c2c1. The van der Waals surface area contributed by atoms with Crippen LogP contribution in [0, 0.1) is 17.0 Å². The molecule has 3 aromatic rings. The number of aliphatic hydroxyl groups excluding tert-OH is 1. The molecule has 0 bridgehead atoms. The Labute approximate surface area is 212 Å². The lowest BCUT2D eigenvalue weighted by Crippen LogP contribution is -2.41. The van der Waals surface area contributed by atoms with E-state index in [2.05, 4.69) is 4.98 Å². The van der Waals surface area contributed by atoms with E-state index < -0.39 is 28.9 Å². The van der Waals surface area contributed by atoms with Gasteiger partial charge in [0.2, 0.25) is 0 Å². The van der Waals surface area contributed by atoms with Crippen LogP contribution in [0.15, 0.2) is 48.7 Å². The summed E-state index contributed by atoms with van der Waals surface area (Å²) in [5.41, 5.74) is 0.174. The van der Waals surface area contributed by atoms with Gasteiger partial charge < -0.3 is 14.9 Å². The van der Waals surface area contributed by atoms with Crippen LogP contribution in [0.5, 0.6) is 5.75 Å². The number of aliphatic hydroxyl groups is 1. The molecule has 9 heteroatoms. The van der Waals surface area contributed by atoms with Crippen LogP contribution in [0.4, 0.5) is 8.78 Å². The minimum Gasteiger partial charge on any atom is -0.497 e. The largest absolute Gasteiger partial charge is 0.497 e. The maximum Gasteiger partial charge on any atom is 0.311 e. The Morgan fingerprint density at radius 2 is 2.11 bits per heavy atom. The van der Waals surface area contributed by atoms with E-state index in [0.717, 1.165) is 18.2 Å². The second kappa shape index (κ2) is 10.9. The number of carbonyl (C=O) groups is 1. The lowest BCUT2D eigenvalue weighted by molar-refractivity contribution is -0.150. The fourth-order valence-electron chi connectivity index (χ4n) is 5.12. The summed E-state index contributed by atoms with van der Waals surface area (Å²) >= 11 is 6.62. The molecule has 2 heterocycles. The van der Waals surface area contributed by atoms with Gasteiger partial charge in [-0.3, -0.25) is 14.7 Å². The van der Waals surface area contributed by atoms with Crippen LogP contribution < -0.4 is 4.74 Å². The number of hydrogen-bond acceptors (Lipinski definition) is 5. The molecule has 1 aliphatic rings. The number of hydrogen-bond donors (Lipinski definition) is 2. The van der Waals surface area contributed by atoms with Gasteiger partial charge in [0.15, 0.2) is 0 Å². The van der Waals surface area contributed by atoms with Crippen molar-refractivity contribution >= 4 is 34.5 Å². The highest BCUT2D eigenvalue weighted by molar-refractivity contribution is 6.32. The summed E-state index contributed by atoms with van der Waals surface area (Å²) in [6, 6.07) is 8.57. The van der Waals surface area contributed by atoms with Crippen molar-refractivity contribution in [2.45, 2.75) is 18.8 Å². The first-order valence-electron chi connectivity index (χ1n) is 11.6. The van der Waals surface area contributed by atoms with Gasteiger partial charge in [-0.05, 0) is 61.3 Å². The molecule has 1 saturated heterocycles. The first kappa shape index (κ1) is 26.0. The zero-order valence-corrected chi connectivity index (χ0v) is 20.5. The average Bonchev–Trinajstić information content (AvgIpc) is 3.30. The molecular formula is C27H27ClF2N2O4. The first-order chi connectivity index (χ1) is 17.3. The first-order valence-corrected chi connectivity index (χ1v) is 12.0. The number of halogens is 3. The van der Waals surface area contributed by atoms with Gasteiger partial charge in [-0.25, -0.2) is 8.78 Å². The van der Waals surface area contributed by atoms with Crippen molar-refractivity contribution in [1.29, 1.82) is 0 Å². The summed E-state index contributed by atoms with van der Waals surface area (Å²) in [6.45, 7) is 0.819. The highest BCUT2D eigenvalue weighted by atomic mass is 35.5. The standard InChI is InChI=1S/C27H27ClF2N2O4/c1-36-19-5-7-24-20(14-19)25(22(28)15-31-24)21(8-12-33)27(26(34)35)9-11-32(16-27)10-2-3-17-13-18(29)4-6-23(17)30/h2-7,13-15,21,33H,8-12,16H2,1H3,(H,34,35)/b3-2+. The van der Waals surface area contributed by atoms with Crippen LogP contribution in [-0.2, 0) is 4.79 Å². The van der Waals surface area contributed by atoms with Crippen LogP contribution in [0.3, 0.4) is 0 Å². The second-order valence-electron chi connectivity index (χ2n) is 8.98. The number of nitrogens with zero attached hydrogens (tertiary/aromatic N) is 2. The van der Waals surface area contributed by atoms with Crippen molar-refractivity contribution < 1.29 is 28.5 Å². The van der Waals surface area contributed by atoms with E-state index in [1.165, 1.54) is 12.3 Å². The Balaban J connectivity index is 1.67. The fourth-order valence-corrected chi connectivity index (χ4v) is 5.41. The number of carboxylic acid groups (broad SMARTS) is 1. The zero-order chi connectivity index (χ0) is 25.9. The molecule has 1 aromatic heterocycles. The van der Waals surface area contributed by atoms with Gasteiger partial charge in [-0.2, -0.15) is 0 Å². The van der Waals surface area contributed by atoms with Crippen molar-refractivity contribution in [3.63, 3.8) is 0 Å². The van der Waals surface area contributed by atoms with E-state index in [1.807, 2.05) is 4.90 Å². The third-order valence-electron chi connectivity index (χ3n) is 6.93. The fraction of sp³-hybridized carbons (Fsp3) is 0.333. The summed E-state index contributed by atoms with van der Waals surface area (Å²) in [7, 11) is 1.54. The number of benzene rings is 2. The highest BCUT2D eigenvalue weighted by Crippen LogP contribution is 2.49. The lowest BCUT2D eigenvalue weighted by Gasteiger charge is -2.35. The van der Waals surface area contributed by atoms with Gasteiger partial charge in [-0.1, -0.05) is 23.8 Å². The molecule has 0 amide bonds. The number of ether oxygens (including phenoxy) is 1. The third-order valence-corrected chi connectivity index (χ3v) is 7.23. The van der Waals surface area contributed by atoms with Crippen molar-refractivity contribution in [3.05, 3.63) is 76.5 Å². The molecule has 0 radical (unpaired) electrons. The van der Waals surface area contributed by atoms with Gasteiger partial charge >= 0.3 is 5.97 Å². The van der Waals surface area contributed by atoms with E-state index in [1.54, 1.807) is 31.4 Å². The zero-order valence-electron chi connectivity index (χ0n) is 19.8. The molecule has 1 aliphatic heterocycles. The van der Waals surface area contributed by atoms with Gasteiger partial charge in [0.1, 0.15) is 17.4 Å². The maximum atomic E-state index is 13.9. The summed E-state index contributed by atoms with van der Waals surface area (Å²) in [5.74, 6) is -2.06. The molecular weight excluding hydrogens is 490 g/mol. The number of aromatic nitrogens is 1. The van der Waals surface area contributed by atoms with Gasteiger partial charge in [0.25, 0.3) is 0 Å². The van der Waals surface area contributed by atoms with Crippen LogP contribution in [0.25, 0.3) is 17.0 Å². The number of methoxy groups -OCH3 is 1. The predicted octanol–water partition coefficient (Wildman–Crippen LogP) is 5.13. The smallest absolute Gasteiger partial charge is 0.311 e. The molecule has 1 fully saturated rings. The summed E-state index contributed by atoms with van der Waals surface area (Å²) in [4.78, 5) is 19.1. The van der Waals surface area contributed by atoms with Crippen LogP contribution in [0.2, 0.25) is 5.02 Å². The van der Waals surface area contributed by atoms with Crippen LogP contribution in [0.1, 0.15) is 29.9 Å². The summed E-state index contributed by atoms with van der Waals surface area (Å²) in [5, 5.41) is 21.4. The summed E-state index contributed by atoms with van der Waals surface area (Å²) in [6.07, 6.45) is 5.22. The Bertz CT molecular complexity index is 1300. The van der Waals surface area contributed by atoms with E-state index >= 15 is 0 Å². The second-order valence-corrected chi connectivity index (χ2v) is 9.39. The van der Waals surface area contributed by atoms with E-state index in [-0.39, 0.29) is 25.1 Å². The summed E-state index contributed by atoms with van der Waals surface area (Å²) < 4.78 is 32.8. The Morgan fingerprint density at radius 1 is 1.31 bits per heavy atom. The Hall–Kier alpha value is -3.07. The molecule has 190 valence electrons. The van der Waals surface area contributed by atoms with Gasteiger partial charge in [0, 0.05) is 42.8 Å². The Morgan fingerprint density at radius 3 is 2.83 bits per heavy atom. The van der Waals surface area contributed by atoms with Crippen molar-refractivity contribution in [2.75, 3.05) is 33.4 Å². The van der Waals surface area contributed by atoms with Crippen molar-refractivity contribution in [1.82, 2.24) is 9.88 Å². The van der Waals surface area contributed by atoms with Crippen molar-refractivity contribution in [3.8, 4) is 5.75 Å². The molecule has 0 saturated carbocycles. The monoisotopic (exact) mass is 516 g/mol. The molecule has 6 nitrogen and oxygen atoms in total. The molecule has 4 rings (SSSR count). The van der Waals surface area contributed by atoms with Crippen molar-refractivity contribution in [2.24, 2.45) is 5.41 Å². The molecule has 2 N–H and O–H groups in total. The average molecular weight is 517 g/mol. The van der Waals surface area contributed by atoms with Gasteiger partial charge in [0.05, 0.1) is 23.1 Å². The normalized spacial score (nSPS) is 19.2. The molecule has 2 aromatic carbocycles. The molecule has 2 atom stereocenters. The number of aliphatic carboxylic acids is 1. The van der Waals surface area contributed by atoms with E-state index in [9.17, 15) is 23.8 Å². The molecule has 0 aliphatic carbocycles. The van der Waals surface area contributed by atoms with E-state index in [4.69, 9.17) is 16.3 Å². The predicted molar refractivity (Wildman–Crippen MR) is 134 cm³/mol. The highest BCUT2D eigenvalue weighted by Gasteiger charge is 2.51. The number of carboxylic acids is 1. The van der Waals surface area contributed by atoms with Crippen LogP contribution in [-0.4, -0.2) is 59.4 Å². The maximum absolute atomic E-state index is 13.9. The third kappa shape index (κ3) is 5.07. The minimum absolute atomic E-state index is 0.126. The number of pyridine rings is 1. The number of fused-ring (bicyclic) bond motifs is 1. The number of likely N-dealkylation sites (tertiary alicyclic amines) is 1. The molecule has 36 heavy (non-hydrogen) atoms. The quantitative estimate of drug-likeness (QED) is 0.410. The van der Waals surface area contributed by atoms with Gasteiger partial charge in [-0.15, -0.1) is 0 Å².